The number of hydrogen-bond donors (Lipinski definition) is 1. The molecule has 28 heavy (non-hydrogen) atoms. The van der Waals surface area contributed by atoms with Crippen molar-refractivity contribution in [3.05, 3.63) is 35.4 Å². The lowest BCUT2D eigenvalue weighted by molar-refractivity contribution is -0.128. The number of likely N-dealkylation sites (tertiary alicyclic amines) is 1. The minimum absolute atomic E-state index is 0.0662. The Morgan fingerprint density at radius 2 is 1.86 bits per heavy atom. The van der Waals surface area contributed by atoms with Gasteiger partial charge < -0.3 is 10.2 Å². The van der Waals surface area contributed by atoms with E-state index in [1.807, 2.05) is 29.2 Å². The third-order valence-electron chi connectivity index (χ3n) is 5.55. The van der Waals surface area contributed by atoms with Gasteiger partial charge in [-0.1, -0.05) is 24.3 Å². The summed E-state index contributed by atoms with van der Waals surface area (Å²) in [6, 6.07) is 7.91. The minimum Gasteiger partial charge on any atom is -0.352 e. The van der Waals surface area contributed by atoms with Gasteiger partial charge in [0.1, 0.15) is 0 Å². The number of carbonyl (C=O) groups excluding carboxylic acids is 2. The third-order valence-corrected chi connectivity index (χ3v) is 7.40. The van der Waals surface area contributed by atoms with Crippen LogP contribution in [0.4, 0.5) is 0 Å². The molecule has 154 valence electrons. The molecular weight excluding hydrogens is 378 g/mol. The number of rotatable bonds is 7. The highest BCUT2D eigenvalue weighted by atomic mass is 32.2. The van der Waals surface area contributed by atoms with Crippen LogP contribution >= 0.6 is 0 Å². The standard InChI is InChI=1S/C20H29N3O4S/c1-2-28(26,27)23-12-3-5-18(15-23)20(25)21-13-16-7-9-17(10-8-16)14-22-11-4-6-19(22)24/h7-10,18H,2-6,11-15H2,1H3,(H,21,25)/t18-/m1/s1. The molecule has 1 aromatic rings. The van der Waals surface area contributed by atoms with E-state index < -0.39 is 10.0 Å². The van der Waals surface area contributed by atoms with Gasteiger partial charge in [0.15, 0.2) is 0 Å². The SMILES string of the molecule is CCS(=O)(=O)N1CCC[C@@H](C(=O)NCc2ccc(CN3CCCC3=O)cc2)C1. The Morgan fingerprint density at radius 1 is 1.14 bits per heavy atom. The molecule has 0 radical (unpaired) electrons. The summed E-state index contributed by atoms with van der Waals surface area (Å²) in [4.78, 5) is 26.1. The van der Waals surface area contributed by atoms with Crippen molar-refractivity contribution < 1.29 is 18.0 Å². The van der Waals surface area contributed by atoms with E-state index in [0.717, 1.165) is 24.1 Å². The summed E-state index contributed by atoms with van der Waals surface area (Å²) in [7, 11) is -3.25. The van der Waals surface area contributed by atoms with Crippen molar-refractivity contribution in [1.29, 1.82) is 0 Å². The van der Waals surface area contributed by atoms with E-state index in [-0.39, 0.29) is 30.0 Å². The van der Waals surface area contributed by atoms with Crippen LogP contribution in [0.1, 0.15) is 43.7 Å². The molecule has 1 atom stereocenters. The lowest BCUT2D eigenvalue weighted by Gasteiger charge is -2.30. The Hall–Kier alpha value is -1.93. The van der Waals surface area contributed by atoms with E-state index in [2.05, 4.69) is 5.32 Å². The zero-order chi connectivity index (χ0) is 20.1. The Balaban J connectivity index is 1.49. The topological polar surface area (TPSA) is 86.8 Å². The molecule has 2 aliphatic rings. The maximum atomic E-state index is 12.5. The second kappa shape index (κ2) is 9.05. The van der Waals surface area contributed by atoms with Crippen molar-refractivity contribution in [3.8, 4) is 0 Å². The number of amides is 2. The van der Waals surface area contributed by atoms with Crippen LogP contribution in [0.3, 0.4) is 0 Å². The van der Waals surface area contributed by atoms with Crippen LogP contribution in [-0.4, -0.2) is 54.8 Å². The molecule has 8 heteroatoms. The van der Waals surface area contributed by atoms with E-state index in [1.54, 1.807) is 6.92 Å². The maximum absolute atomic E-state index is 12.5. The van der Waals surface area contributed by atoms with Gasteiger partial charge in [0, 0.05) is 39.1 Å². The van der Waals surface area contributed by atoms with Gasteiger partial charge in [0.2, 0.25) is 21.8 Å². The lowest BCUT2D eigenvalue weighted by Crippen LogP contribution is -2.45. The molecule has 2 aliphatic heterocycles. The number of nitrogens with one attached hydrogen (secondary N) is 1. The molecule has 1 N–H and O–H groups in total. The summed E-state index contributed by atoms with van der Waals surface area (Å²) < 4.78 is 25.5. The molecule has 0 saturated carbocycles. The molecule has 3 rings (SSSR count). The van der Waals surface area contributed by atoms with E-state index in [0.29, 0.717) is 38.9 Å². The lowest BCUT2D eigenvalue weighted by atomic mass is 9.98. The van der Waals surface area contributed by atoms with E-state index in [1.165, 1.54) is 4.31 Å². The molecular formula is C20H29N3O4S. The van der Waals surface area contributed by atoms with Crippen molar-refractivity contribution in [2.75, 3.05) is 25.4 Å². The number of benzene rings is 1. The molecule has 2 heterocycles. The highest BCUT2D eigenvalue weighted by molar-refractivity contribution is 7.89. The summed E-state index contributed by atoms with van der Waals surface area (Å²) in [5.74, 6) is -0.113. The molecule has 2 saturated heterocycles. The van der Waals surface area contributed by atoms with Gasteiger partial charge in [-0.15, -0.1) is 0 Å². The highest BCUT2D eigenvalue weighted by Crippen LogP contribution is 2.20. The van der Waals surface area contributed by atoms with Gasteiger partial charge in [0.25, 0.3) is 0 Å². The largest absolute Gasteiger partial charge is 0.352 e. The van der Waals surface area contributed by atoms with E-state index in [9.17, 15) is 18.0 Å². The number of carbonyl (C=O) groups is 2. The van der Waals surface area contributed by atoms with Crippen LogP contribution in [-0.2, 0) is 32.7 Å². The van der Waals surface area contributed by atoms with Crippen molar-refractivity contribution in [2.24, 2.45) is 5.92 Å². The van der Waals surface area contributed by atoms with Gasteiger partial charge in [-0.25, -0.2) is 12.7 Å². The van der Waals surface area contributed by atoms with Crippen LogP contribution in [0.25, 0.3) is 0 Å². The molecule has 1 aromatic carbocycles. The van der Waals surface area contributed by atoms with Crippen molar-refractivity contribution in [1.82, 2.24) is 14.5 Å². The number of nitrogens with zero attached hydrogens (tertiary/aromatic N) is 2. The van der Waals surface area contributed by atoms with Gasteiger partial charge >= 0.3 is 0 Å². The van der Waals surface area contributed by atoms with Crippen LogP contribution < -0.4 is 5.32 Å². The number of piperidine rings is 1. The summed E-state index contributed by atoms with van der Waals surface area (Å²) in [6.45, 7) is 4.27. The zero-order valence-electron chi connectivity index (χ0n) is 16.4. The Labute approximate surface area is 167 Å². The number of sulfonamides is 1. The molecule has 0 aliphatic carbocycles. The monoisotopic (exact) mass is 407 g/mol. The third kappa shape index (κ3) is 5.11. The van der Waals surface area contributed by atoms with Crippen molar-refractivity contribution in [2.45, 2.75) is 45.7 Å². The molecule has 0 aromatic heterocycles. The second-order valence-electron chi connectivity index (χ2n) is 7.55. The number of hydrogen-bond acceptors (Lipinski definition) is 4. The van der Waals surface area contributed by atoms with Crippen LogP contribution in [0.15, 0.2) is 24.3 Å². The average molecular weight is 408 g/mol. The maximum Gasteiger partial charge on any atom is 0.224 e. The predicted octanol–water partition coefficient (Wildman–Crippen LogP) is 1.49. The first-order valence-corrected chi connectivity index (χ1v) is 11.6. The fourth-order valence-corrected chi connectivity index (χ4v) is 4.96. The van der Waals surface area contributed by atoms with E-state index >= 15 is 0 Å². The minimum atomic E-state index is -3.25. The first-order chi connectivity index (χ1) is 13.4. The van der Waals surface area contributed by atoms with Gasteiger partial charge in [-0.05, 0) is 37.3 Å². The van der Waals surface area contributed by atoms with Gasteiger partial charge in [-0.2, -0.15) is 0 Å². The fraction of sp³-hybridized carbons (Fsp3) is 0.600. The van der Waals surface area contributed by atoms with Crippen LogP contribution in [0.2, 0.25) is 0 Å². The highest BCUT2D eigenvalue weighted by Gasteiger charge is 2.31. The smallest absolute Gasteiger partial charge is 0.224 e. The Morgan fingerprint density at radius 3 is 2.50 bits per heavy atom. The molecule has 2 fully saturated rings. The molecule has 0 spiro atoms. The molecule has 0 bridgehead atoms. The summed E-state index contributed by atoms with van der Waals surface area (Å²) in [5.41, 5.74) is 2.07. The van der Waals surface area contributed by atoms with Gasteiger partial charge in [0.05, 0.1) is 11.7 Å². The Bertz CT molecular complexity index is 807. The van der Waals surface area contributed by atoms with Crippen molar-refractivity contribution >= 4 is 21.8 Å². The molecule has 0 unspecified atom stereocenters. The van der Waals surface area contributed by atoms with E-state index in [4.69, 9.17) is 0 Å². The fourth-order valence-electron chi connectivity index (χ4n) is 3.78. The van der Waals surface area contributed by atoms with Gasteiger partial charge in [-0.3, -0.25) is 9.59 Å². The molecule has 2 amide bonds. The van der Waals surface area contributed by atoms with Crippen LogP contribution in [0, 0.1) is 5.92 Å². The quantitative estimate of drug-likeness (QED) is 0.742. The normalized spacial score (nSPS) is 21.1. The average Bonchev–Trinajstić information content (AvgIpc) is 3.11. The summed E-state index contributed by atoms with van der Waals surface area (Å²) in [5, 5.41) is 2.93. The van der Waals surface area contributed by atoms with Crippen LogP contribution in [0.5, 0.6) is 0 Å². The second-order valence-corrected chi connectivity index (χ2v) is 9.81. The summed E-state index contributed by atoms with van der Waals surface area (Å²) >= 11 is 0. The van der Waals surface area contributed by atoms with Crippen molar-refractivity contribution in [3.63, 3.8) is 0 Å². The predicted molar refractivity (Wildman–Crippen MR) is 107 cm³/mol. The first-order valence-electron chi connectivity index (χ1n) is 10.00. The molecule has 7 nitrogen and oxygen atoms in total. The Kier molecular flexibility index (Phi) is 6.72. The zero-order valence-corrected chi connectivity index (χ0v) is 17.2. The summed E-state index contributed by atoms with van der Waals surface area (Å²) in [6.07, 6.45) is 3.00. The first kappa shape index (κ1) is 20.8.